The summed E-state index contributed by atoms with van der Waals surface area (Å²) in [6, 6.07) is 10.0. The molecule has 20 heavy (non-hydrogen) atoms. The van der Waals surface area contributed by atoms with Gasteiger partial charge in [-0.25, -0.2) is 20.5 Å². The number of nitrogens with one attached hydrogen (secondary N) is 1. The van der Waals surface area contributed by atoms with Crippen molar-refractivity contribution in [3.8, 4) is 16.9 Å². The first-order valence-corrected chi connectivity index (χ1v) is 6.66. The van der Waals surface area contributed by atoms with E-state index in [9.17, 15) is 0 Å². The van der Waals surface area contributed by atoms with Crippen LogP contribution in [-0.2, 0) is 0 Å². The van der Waals surface area contributed by atoms with Gasteiger partial charge < -0.3 is 5.43 Å². The molecule has 0 aliphatic heterocycles. The van der Waals surface area contributed by atoms with Crippen LogP contribution in [-0.4, -0.2) is 19.7 Å². The Morgan fingerprint density at radius 1 is 1.10 bits per heavy atom. The van der Waals surface area contributed by atoms with Crippen molar-refractivity contribution >= 4 is 21.7 Å². The SMILES string of the molecule is NNc1ncnc(-n2cc(-c3ccccc3)cn2)c1Br. The van der Waals surface area contributed by atoms with Gasteiger partial charge in [-0.1, -0.05) is 30.3 Å². The summed E-state index contributed by atoms with van der Waals surface area (Å²) < 4.78 is 2.33. The Labute approximate surface area is 123 Å². The quantitative estimate of drug-likeness (QED) is 0.569. The highest BCUT2D eigenvalue weighted by Gasteiger charge is 2.11. The van der Waals surface area contributed by atoms with E-state index >= 15 is 0 Å². The zero-order valence-corrected chi connectivity index (χ0v) is 11.9. The number of anilines is 1. The molecule has 0 spiro atoms. The molecule has 0 radical (unpaired) electrons. The zero-order chi connectivity index (χ0) is 13.9. The van der Waals surface area contributed by atoms with E-state index < -0.39 is 0 Å². The Morgan fingerprint density at radius 3 is 2.65 bits per heavy atom. The molecule has 0 saturated heterocycles. The number of nitrogens with two attached hydrogens (primary N) is 1. The first-order chi connectivity index (χ1) is 9.79. The number of hydrogen-bond donors (Lipinski definition) is 2. The Bertz CT molecular complexity index is 725. The van der Waals surface area contributed by atoms with Crippen molar-refractivity contribution in [2.45, 2.75) is 0 Å². The average Bonchev–Trinajstić information content (AvgIpc) is 2.98. The van der Waals surface area contributed by atoms with Crippen LogP contribution < -0.4 is 11.3 Å². The van der Waals surface area contributed by atoms with Gasteiger partial charge in [0.1, 0.15) is 10.8 Å². The van der Waals surface area contributed by atoms with Gasteiger partial charge in [0.05, 0.1) is 6.20 Å². The van der Waals surface area contributed by atoms with Crippen LogP contribution in [0, 0.1) is 0 Å². The monoisotopic (exact) mass is 330 g/mol. The lowest BCUT2D eigenvalue weighted by Crippen LogP contribution is -2.11. The molecule has 0 bridgehead atoms. The van der Waals surface area contributed by atoms with Crippen molar-refractivity contribution in [1.29, 1.82) is 0 Å². The molecule has 2 aromatic heterocycles. The van der Waals surface area contributed by atoms with Crippen molar-refractivity contribution in [2.24, 2.45) is 5.84 Å². The van der Waals surface area contributed by atoms with Gasteiger partial charge in [0.15, 0.2) is 11.6 Å². The smallest absolute Gasteiger partial charge is 0.173 e. The van der Waals surface area contributed by atoms with Crippen LogP contribution in [0.2, 0.25) is 0 Å². The van der Waals surface area contributed by atoms with E-state index in [1.807, 2.05) is 36.5 Å². The van der Waals surface area contributed by atoms with Crippen LogP contribution >= 0.6 is 15.9 Å². The number of rotatable bonds is 3. The molecular weight excluding hydrogens is 320 g/mol. The van der Waals surface area contributed by atoms with Gasteiger partial charge in [-0.2, -0.15) is 5.10 Å². The second-order valence-corrected chi connectivity index (χ2v) is 4.84. The lowest BCUT2D eigenvalue weighted by molar-refractivity contribution is 0.833. The van der Waals surface area contributed by atoms with Gasteiger partial charge in [0, 0.05) is 11.8 Å². The number of aromatic nitrogens is 4. The normalized spacial score (nSPS) is 10.5. The molecular formula is C13H11BrN6. The van der Waals surface area contributed by atoms with Crippen molar-refractivity contribution in [1.82, 2.24) is 19.7 Å². The molecule has 0 unspecified atom stereocenters. The summed E-state index contributed by atoms with van der Waals surface area (Å²) in [7, 11) is 0. The second-order valence-electron chi connectivity index (χ2n) is 4.04. The minimum Gasteiger partial charge on any atom is -0.307 e. The van der Waals surface area contributed by atoms with Crippen LogP contribution in [0.25, 0.3) is 16.9 Å². The number of halogens is 1. The minimum atomic E-state index is 0.506. The molecule has 7 heteroatoms. The third kappa shape index (κ3) is 2.28. The molecule has 0 aliphatic rings. The number of nitrogen functional groups attached to an aromatic ring is 1. The van der Waals surface area contributed by atoms with E-state index in [-0.39, 0.29) is 0 Å². The van der Waals surface area contributed by atoms with E-state index in [4.69, 9.17) is 5.84 Å². The third-order valence-corrected chi connectivity index (χ3v) is 3.54. The summed E-state index contributed by atoms with van der Waals surface area (Å²) in [5.74, 6) is 6.52. The maximum absolute atomic E-state index is 5.39. The number of benzene rings is 1. The molecule has 3 N–H and O–H groups in total. The van der Waals surface area contributed by atoms with Gasteiger partial charge in [-0.15, -0.1) is 0 Å². The van der Waals surface area contributed by atoms with Crippen molar-refractivity contribution in [2.75, 3.05) is 5.43 Å². The topological polar surface area (TPSA) is 81.6 Å². The minimum absolute atomic E-state index is 0.506. The molecule has 2 heterocycles. The van der Waals surface area contributed by atoms with E-state index in [0.29, 0.717) is 16.1 Å². The second kappa shape index (κ2) is 5.40. The molecule has 0 atom stereocenters. The van der Waals surface area contributed by atoms with E-state index in [2.05, 4.69) is 36.4 Å². The molecule has 3 rings (SSSR count). The zero-order valence-electron chi connectivity index (χ0n) is 10.4. The summed E-state index contributed by atoms with van der Waals surface area (Å²) >= 11 is 3.42. The molecule has 0 fully saturated rings. The van der Waals surface area contributed by atoms with Crippen molar-refractivity contribution in [3.05, 3.63) is 53.5 Å². The highest BCUT2D eigenvalue weighted by molar-refractivity contribution is 9.10. The lowest BCUT2D eigenvalue weighted by atomic mass is 10.1. The summed E-state index contributed by atoms with van der Waals surface area (Å²) in [4.78, 5) is 8.22. The fourth-order valence-corrected chi connectivity index (χ4v) is 2.34. The van der Waals surface area contributed by atoms with Crippen LogP contribution in [0.3, 0.4) is 0 Å². The fourth-order valence-electron chi connectivity index (χ4n) is 1.84. The summed E-state index contributed by atoms with van der Waals surface area (Å²) in [6.45, 7) is 0. The first-order valence-electron chi connectivity index (χ1n) is 5.87. The third-order valence-electron chi connectivity index (χ3n) is 2.81. The van der Waals surface area contributed by atoms with Gasteiger partial charge in [0.25, 0.3) is 0 Å². The highest BCUT2D eigenvalue weighted by atomic mass is 79.9. The molecule has 6 nitrogen and oxygen atoms in total. The Morgan fingerprint density at radius 2 is 1.90 bits per heavy atom. The van der Waals surface area contributed by atoms with E-state index in [0.717, 1.165) is 11.1 Å². The standard InChI is InChI=1S/C13H11BrN6/c14-11-12(19-15)16-8-17-13(11)20-7-10(6-18-20)9-4-2-1-3-5-9/h1-8H,15H2,(H,16,17,19). The van der Waals surface area contributed by atoms with E-state index in [1.165, 1.54) is 6.33 Å². The predicted molar refractivity (Wildman–Crippen MR) is 80.1 cm³/mol. The first kappa shape index (κ1) is 12.8. The number of hydrogen-bond acceptors (Lipinski definition) is 5. The van der Waals surface area contributed by atoms with Crippen LogP contribution in [0.1, 0.15) is 0 Å². The molecule has 0 aliphatic carbocycles. The average molecular weight is 331 g/mol. The number of nitrogens with zero attached hydrogens (tertiary/aromatic N) is 4. The Balaban J connectivity index is 2.03. The van der Waals surface area contributed by atoms with Crippen molar-refractivity contribution < 1.29 is 0 Å². The molecule has 0 amide bonds. The van der Waals surface area contributed by atoms with Gasteiger partial charge >= 0.3 is 0 Å². The molecule has 1 aromatic carbocycles. The van der Waals surface area contributed by atoms with Crippen LogP contribution in [0.4, 0.5) is 5.82 Å². The van der Waals surface area contributed by atoms with Crippen molar-refractivity contribution in [3.63, 3.8) is 0 Å². The van der Waals surface area contributed by atoms with Gasteiger partial charge in [-0.05, 0) is 21.5 Å². The Kier molecular flexibility index (Phi) is 3.44. The maximum atomic E-state index is 5.39. The molecule has 3 aromatic rings. The Hall–Kier alpha value is -2.25. The molecule has 0 saturated carbocycles. The van der Waals surface area contributed by atoms with Gasteiger partial charge in [-0.3, -0.25) is 0 Å². The highest BCUT2D eigenvalue weighted by Crippen LogP contribution is 2.26. The summed E-state index contributed by atoms with van der Waals surface area (Å²) in [5.41, 5.74) is 4.62. The van der Waals surface area contributed by atoms with Crippen LogP contribution in [0.5, 0.6) is 0 Å². The predicted octanol–water partition coefficient (Wildman–Crippen LogP) is 2.38. The largest absolute Gasteiger partial charge is 0.307 e. The molecule has 100 valence electrons. The summed E-state index contributed by atoms with van der Waals surface area (Å²) in [6.07, 6.45) is 5.13. The fraction of sp³-hybridized carbons (Fsp3) is 0. The van der Waals surface area contributed by atoms with E-state index in [1.54, 1.807) is 10.9 Å². The van der Waals surface area contributed by atoms with Gasteiger partial charge in [0.2, 0.25) is 0 Å². The maximum Gasteiger partial charge on any atom is 0.173 e. The van der Waals surface area contributed by atoms with Crippen LogP contribution in [0.15, 0.2) is 53.5 Å². The lowest BCUT2D eigenvalue weighted by Gasteiger charge is -2.06. The summed E-state index contributed by atoms with van der Waals surface area (Å²) in [5, 5.41) is 4.33. The number of hydrazine groups is 1.